The van der Waals surface area contributed by atoms with E-state index in [1.807, 2.05) is 50.6 Å². The molecule has 0 unspecified atom stereocenters. The highest BCUT2D eigenvalue weighted by atomic mass is 35.5. The number of aromatic nitrogens is 7. The Morgan fingerprint density at radius 3 is 2.93 bits per heavy atom. The second-order valence-electron chi connectivity index (χ2n) is 6.83. The van der Waals surface area contributed by atoms with E-state index in [-0.39, 0.29) is 6.04 Å². The van der Waals surface area contributed by atoms with Crippen LogP contribution in [-0.4, -0.2) is 34.7 Å². The van der Waals surface area contributed by atoms with Crippen LogP contribution in [0, 0.1) is 0 Å². The molecule has 0 aliphatic rings. The zero-order valence-electron chi connectivity index (χ0n) is 15.8. The molecular weight excluding hydrogens is 388 g/mol. The fraction of sp³-hybridized carbons (Fsp3) is 0.150. The van der Waals surface area contributed by atoms with E-state index in [1.165, 1.54) is 6.33 Å². The van der Waals surface area contributed by atoms with Crippen molar-refractivity contribution in [3.8, 4) is 11.1 Å². The standard InChI is InChI=1S/C20H17ClN8/c1-11(27-20-17-19(23-9-22-17)24-10-25-20)15-6-12-4-3-5-14(16(12)18(21)28-15)13-7-26-29(2)8-13/h3-11H,1-2H3,(H2,22,23,24,25,27)/t11-/m0/s1. The average Bonchev–Trinajstić information content (AvgIpc) is 3.37. The first kappa shape index (κ1) is 17.6. The van der Waals surface area contributed by atoms with Crippen molar-refractivity contribution in [3.63, 3.8) is 0 Å². The van der Waals surface area contributed by atoms with E-state index in [1.54, 1.807) is 11.0 Å². The van der Waals surface area contributed by atoms with E-state index in [0.29, 0.717) is 16.6 Å². The normalized spacial score (nSPS) is 12.5. The summed E-state index contributed by atoms with van der Waals surface area (Å²) in [6.07, 6.45) is 6.88. The predicted octanol–water partition coefficient (Wildman–Crippen LogP) is 4.13. The van der Waals surface area contributed by atoms with Crippen molar-refractivity contribution in [3.05, 3.63) is 60.2 Å². The number of aryl methyl sites for hydroxylation is 1. The zero-order valence-corrected chi connectivity index (χ0v) is 16.5. The molecule has 0 spiro atoms. The summed E-state index contributed by atoms with van der Waals surface area (Å²) < 4.78 is 1.77. The first-order chi connectivity index (χ1) is 14.1. The lowest BCUT2D eigenvalue weighted by atomic mass is 10.0. The Morgan fingerprint density at radius 2 is 2.10 bits per heavy atom. The molecule has 5 rings (SSSR count). The monoisotopic (exact) mass is 404 g/mol. The summed E-state index contributed by atoms with van der Waals surface area (Å²) in [7, 11) is 1.89. The second-order valence-corrected chi connectivity index (χ2v) is 7.19. The molecule has 29 heavy (non-hydrogen) atoms. The van der Waals surface area contributed by atoms with Crippen molar-refractivity contribution in [2.45, 2.75) is 13.0 Å². The Morgan fingerprint density at radius 1 is 1.21 bits per heavy atom. The molecule has 144 valence electrons. The van der Waals surface area contributed by atoms with Crippen LogP contribution in [0.5, 0.6) is 0 Å². The Hall–Kier alpha value is -3.52. The molecule has 0 aliphatic carbocycles. The van der Waals surface area contributed by atoms with E-state index in [4.69, 9.17) is 11.6 Å². The molecule has 0 radical (unpaired) electrons. The number of fused-ring (bicyclic) bond motifs is 2. The molecule has 1 aromatic carbocycles. The van der Waals surface area contributed by atoms with Gasteiger partial charge in [-0.3, -0.25) is 4.68 Å². The van der Waals surface area contributed by atoms with Gasteiger partial charge in [-0.1, -0.05) is 29.8 Å². The highest BCUT2D eigenvalue weighted by molar-refractivity contribution is 6.35. The summed E-state index contributed by atoms with van der Waals surface area (Å²) in [4.78, 5) is 20.4. The fourth-order valence-corrected chi connectivity index (χ4v) is 3.77. The third-order valence-corrected chi connectivity index (χ3v) is 5.14. The van der Waals surface area contributed by atoms with Crippen LogP contribution in [0.4, 0.5) is 5.82 Å². The van der Waals surface area contributed by atoms with E-state index in [9.17, 15) is 0 Å². The lowest BCUT2D eigenvalue weighted by Crippen LogP contribution is -2.10. The summed E-state index contributed by atoms with van der Waals surface area (Å²) in [6.45, 7) is 2.01. The molecule has 4 aromatic heterocycles. The van der Waals surface area contributed by atoms with Crippen LogP contribution >= 0.6 is 11.6 Å². The van der Waals surface area contributed by atoms with Gasteiger partial charge in [-0.2, -0.15) is 5.10 Å². The van der Waals surface area contributed by atoms with Gasteiger partial charge in [0.25, 0.3) is 0 Å². The number of H-pyrrole nitrogens is 1. The van der Waals surface area contributed by atoms with Gasteiger partial charge in [-0.15, -0.1) is 0 Å². The van der Waals surface area contributed by atoms with Gasteiger partial charge in [-0.25, -0.2) is 19.9 Å². The van der Waals surface area contributed by atoms with Gasteiger partial charge in [0.15, 0.2) is 11.5 Å². The summed E-state index contributed by atoms with van der Waals surface area (Å²) in [6, 6.07) is 8.01. The summed E-state index contributed by atoms with van der Waals surface area (Å²) >= 11 is 6.64. The third-order valence-electron chi connectivity index (χ3n) is 4.87. The number of rotatable bonds is 4. The van der Waals surface area contributed by atoms with Crippen molar-refractivity contribution in [2.75, 3.05) is 5.32 Å². The van der Waals surface area contributed by atoms with Crippen LogP contribution in [0.25, 0.3) is 33.1 Å². The van der Waals surface area contributed by atoms with Gasteiger partial charge in [0.1, 0.15) is 17.0 Å². The molecule has 0 fully saturated rings. The summed E-state index contributed by atoms with van der Waals surface area (Å²) in [5.41, 5.74) is 4.20. The van der Waals surface area contributed by atoms with Crippen molar-refractivity contribution in [1.29, 1.82) is 0 Å². The molecule has 0 bridgehead atoms. The Kier molecular flexibility index (Phi) is 4.13. The van der Waals surface area contributed by atoms with E-state index in [0.717, 1.165) is 33.1 Å². The van der Waals surface area contributed by atoms with Crippen LogP contribution in [0.3, 0.4) is 0 Å². The van der Waals surface area contributed by atoms with Gasteiger partial charge in [0.05, 0.1) is 24.3 Å². The lowest BCUT2D eigenvalue weighted by Gasteiger charge is -2.16. The van der Waals surface area contributed by atoms with Crippen LogP contribution < -0.4 is 5.32 Å². The highest BCUT2D eigenvalue weighted by Crippen LogP contribution is 2.34. The van der Waals surface area contributed by atoms with Crippen molar-refractivity contribution >= 4 is 39.4 Å². The molecule has 0 amide bonds. The fourth-order valence-electron chi connectivity index (χ4n) is 3.46. The number of nitrogens with zero attached hydrogens (tertiary/aromatic N) is 6. The summed E-state index contributed by atoms with van der Waals surface area (Å²) in [5, 5.41) is 10.0. The second kappa shape index (κ2) is 6.82. The SMILES string of the molecule is C[C@H](Nc1ncnc2nc[nH]c12)c1cc2cccc(-c3cnn(C)c3)c2c(Cl)n1. The number of halogens is 1. The van der Waals surface area contributed by atoms with E-state index < -0.39 is 0 Å². The quantitative estimate of drug-likeness (QED) is 0.437. The molecule has 9 heteroatoms. The molecule has 5 aromatic rings. The van der Waals surface area contributed by atoms with Gasteiger partial charge in [0.2, 0.25) is 0 Å². The molecule has 4 heterocycles. The first-order valence-corrected chi connectivity index (χ1v) is 9.47. The van der Waals surface area contributed by atoms with Crippen LogP contribution in [-0.2, 0) is 7.05 Å². The maximum atomic E-state index is 6.64. The lowest BCUT2D eigenvalue weighted by molar-refractivity contribution is 0.768. The third kappa shape index (κ3) is 3.07. The predicted molar refractivity (Wildman–Crippen MR) is 113 cm³/mol. The van der Waals surface area contributed by atoms with Crippen molar-refractivity contribution in [1.82, 2.24) is 34.7 Å². The minimum Gasteiger partial charge on any atom is -0.360 e. The maximum absolute atomic E-state index is 6.64. The molecule has 2 N–H and O–H groups in total. The number of nitrogens with one attached hydrogen (secondary N) is 2. The van der Waals surface area contributed by atoms with Gasteiger partial charge < -0.3 is 10.3 Å². The van der Waals surface area contributed by atoms with Crippen molar-refractivity contribution < 1.29 is 0 Å². The minimum atomic E-state index is -0.125. The molecular formula is C20H17ClN8. The van der Waals surface area contributed by atoms with E-state index >= 15 is 0 Å². The Bertz CT molecular complexity index is 1340. The first-order valence-electron chi connectivity index (χ1n) is 9.09. The van der Waals surface area contributed by atoms with E-state index in [2.05, 4.69) is 35.3 Å². The molecule has 1 atom stereocenters. The number of benzene rings is 1. The number of anilines is 1. The van der Waals surface area contributed by atoms with Crippen LogP contribution in [0.15, 0.2) is 49.3 Å². The molecule has 0 saturated carbocycles. The smallest absolute Gasteiger partial charge is 0.182 e. The Labute approximate surface area is 171 Å². The molecule has 0 saturated heterocycles. The molecule has 8 nitrogen and oxygen atoms in total. The average molecular weight is 405 g/mol. The number of pyridine rings is 1. The zero-order chi connectivity index (χ0) is 20.0. The van der Waals surface area contributed by atoms with Crippen molar-refractivity contribution in [2.24, 2.45) is 7.05 Å². The topological polar surface area (TPSA) is 97.2 Å². The van der Waals surface area contributed by atoms with Crippen LogP contribution in [0.1, 0.15) is 18.7 Å². The highest BCUT2D eigenvalue weighted by Gasteiger charge is 2.16. The number of hydrogen-bond donors (Lipinski definition) is 2. The van der Waals surface area contributed by atoms with Gasteiger partial charge in [0, 0.05) is 24.2 Å². The Balaban J connectivity index is 1.55. The number of aromatic amines is 1. The number of hydrogen-bond acceptors (Lipinski definition) is 6. The largest absolute Gasteiger partial charge is 0.360 e. The number of imidazole rings is 1. The minimum absolute atomic E-state index is 0.125. The van der Waals surface area contributed by atoms with Gasteiger partial charge in [-0.05, 0) is 23.9 Å². The van der Waals surface area contributed by atoms with Crippen LogP contribution in [0.2, 0.25) is 5.15 Å². The molecule has 0 aliphatic heterocycles. The van der Waals surface area contributed by atoms with Gasteiger partial charge >= 0.3 is 0 Å². The summed E-state index contributed by atoms with van der Waals surface area (Å²) in [5.74, 6) is 0.669. The maximum Gasteiger partial charge on any atom is 0.182 e.